The molecule has 0 aromatic heterocycles. The molecule has 2 atom stereocenters. The van der Waals surface area contributed by atoms with Gasteiger partial charge in [0.05, 0.1) is 0 Å². The lowest BCUT2D eigenvalue weighted by atomic mass is 9.98. The van der Waals surface area contributed by atoms with E-state index < -0.39 is 0 Å². The van der Waals surface area contributed by atoms with Crippen LogP contribution in [0.15, 0.2) is 0 Å². The molecule has 0 aromatic carbocycles. The Morgan fingerprint density at radius 3 is 2.00 bits per heavy atom. The maximum Gasteiger partial charge on any atom is 0.0235 e. The normalized spacial score (nSPS) is 30.0. The molecule has 17 heavy (non-hydrogen) atoms. The van der Waals surface area contributed by atoms with E-state index in [-0.39, 0.29) is 0 Å². The fourth-order valence-electron chi connectivity index (χ4n) is 2.77. The van der Waals surface area contributed by atoms with Gasteiger partial charge in [0.25, 0.3) is 0 Å². The minimum absolute atomic E-state index is 0.868. The first-order chi connectivity index (χ1) is 8.25. The summed E-state index contributed by atoms with van der Waals surface area (Å²) in [5, 5.41) is 0. The Balaban J connectivity index is 0.000000581. The minimum atomic E-state index is 0.868. The monoisotopic (exact) mass is 242 g/mol. The molecule has 0 radical (unpaired) electrons. The molecule has 0 N–H and O–H groups in total. The van der Waals surface area contributed by atoms with Crippen LogP contribution in [0.2, 0.25) is 0 Å². The summed E-state index contributed by atoms with van der Waals surface area (Å²) in [5.41, 5.74) is 0. The minimum Gasteiger partial charge on any atom is -0.305 e. The fraction of sp³-hybridized carbons (Fsp3) is 1.00. The topological polar surface area (TPSA) is 6.48 Å². The molecule has 0 amide bonds. The summed E-state index contributed by atoms with van der Waals surface area (Å²) in [6.07, 6.45) is 4.25. The SMILES string of the molecule is CC.CC.CC1CCCN(C2CCN(C)C2)C1. The second kappa shape index (κ2) is 9.90. The van der Waals surface area contributed by atoms with Crippen LogP contribution in [0.5, 0.6) is 0 Å². The molecule has 2 aliphatic heterocycles. The van der Waals surface area contributed by atoms with Gasteiger partial charge in [0.2, 0.25) is 0 Å². The van der Waals surface area contributed by atoms with E-state index in [4.69, 9.17) is 0 Å². The molecule has 2 aliphatic rings. The lowest BCUT2D eigenvalue weighted by molar-refractivity contribution is 0.133. The molecule has 2 saturated heterocycles. The van der Waals surface area contributed by atoms with Gasteiger partial charge >= 0.3 is 0 Å². The number of nitrogens with zero attached hydrogens (tertiary/aromatic N) is 2. The van der Waals surface area contributed by atoms with Gasteiger partial charge < -0.3 is 4.90 Å². The first-order valence-corrected chi connectivity index (χ1v) is 7.68. The zero-order chi connectivity index (χ0) is 13.3. The number of rotatable bonds is 1. The van der Waals surface area contributed by atoms with Gasteiger partial charge in [-0.3, -0.25) is 4.90 Å². The van der Waals surface area contributed by atoms with Crippen molar-refractivity contribution in [1.29, 1.82) is 0 Å². The predicted octanol–water partition coefficient (Wildman–Crippen LogP) is 3.47. The third kappa shape index (κ3) is 5.87. The maximum atomic E-state index is 2.72. The van der Waals surface area contributed by atoms with Crippen LogP contribution in [0.4, 0.5) is 0 Å². The molecule has 104 valence electrons. The van der Waals surface area contributed by atoms with Crippen molar-refractivity contribution in [2.45, 2.75) is 59.9 Å². The lowest BCUT2D eigenvalue weighted by Gasteiger charge is -2.35. The van der Waals surface area contributed by atoms with E-state index in [9.17, 15) is 0 Å². The van der Waals surface area contributed by atoms with Crippen molar-refractivity contribution in [2.24, 2.45) is 5.92 Å². The Hall–Kier alpha value is -0.0800. The van der Waals surface area contributed by atoms with Gasteiger partial charge in [-0.15, -0.1) is 0 Å². The van der Waals surface area contributed by atoms with Gasteiger partial charge in [-0.05, 0) is 45.3 Å². The number of likely N-dealkylation sites (tertiary alicyclic amines) is 2. The highest BCUT2D eigenvalue weighted by Crippen LogP contribution is 2.22. The van der Waals surface area contributed by atoms with Crippen molar-refractivity contribution in [3.63, 3.8) is 0 Å². The highest BCUT2D eigenvalue weighted by molar-refractivity contribution is 4.84. The van der Waals surface area contributed by atoms with E-state index in [2.05, 4.69) is 23.8 Å². The largest absolute Gasteiger partial charge is 0.305 e. The molecule has 0 spiro atoms. The fourth-order valence-corrected chi connectivity index (χ4v) is 2.77. The predicted molar refractivity (Wildman–Crippen MR) is 78.6 cm³/mol. The average Bonchev–Trinajstić information content (AvgIpc) is 2.81. The zero-order valence-corrected chi connectivity index (χ0v) is 13.0. The highest BCUT2D eigenvalue weighted by atomic mass is 15.2. The standard InChI is InChI=1S/C11H22N2.2C2H6/c1-10-4-3-6-13(8-10)11-5-7-12(2)9-11;2*1-2/h10-11H,3-9H2,1-2H3;2*1-2H3. The summed E-state index contributed by atoms with van der Waals surface area (Å²) >= 11 is 0. The molecule has 2 fully saturated rings. The summed E-state index contributed by atoms with van der Waals surface area (Å²) in [5.74, 6) is 0.930. The molecule has 2 heteroatoms. The maximum absolute atomic E-state index is 2.72. The summed E-state index contributed by atoms with van der Waals surface area (Å²) in [7, 11) is 2.24. The number of piperidine rings is 1. The Kier molecular flexibility index (Phi) is 9.85. The van der Waals surface area contributed by atoms with E-state index >= 15 is 0 Å². The Morgan fingerprint density at radius 2 is 1.53 bits per heavy atom. The van der Waals surface area contributed by atoms with E-state index in [0.717, 1.165) is 12.0 Å². The van der Waals surface area contributed by atoms with Gasteiger partial charge in [-0.25, -0.2) is 0 Å². The van der Waals surface area contributed by atoms with Crippen LogP contribution in [0.25, 0.3) is 0 Å². The van der Waals surface area contributed by atoms with Crippen LogP contribution >= 0.6 is 0 Å². The zero-order valence-electron chi connectivity index (χ0n) is 13.0. The van der Waals surface area contributed by atoms with Crippen molar-refractivity contribution in [3.05, 3.63) is 0 Å². The summed E-state index contributed by atoms with van der Waals surface area (Å²) in [6.45, 7) is 15.7. The number of likely N-dealkylation sites (N-methyl/N-ethyl adjacent to an activating group) is 1. The molecular weight excluding hydrogens is 208 g/mol. The van der Waals surface area contributed by atoms with Gasteiger partial charge in [0.1, 0.15) is 0 Å². The van der Waals surface area contributed by atoms with Crippen LogP contribution in [0, 0.1) is 5.92 Å². The molecule has 0 saturated carbocycles. The van der Waals surface area contributed by atoms with Crippen LogP contribution in [-0.2, 0) is 0 Å². The summed E-state index contributed by atoms with van der Waals surface area (Å²) in [6, 6.07) is 0.868. The molecule has 0 bridgehead atoms. The van der Waals surface area contributed by atoms with Crippen LogP contribution < -0.4 is 0 Å². The van der Waals surface area contributed by atoms with Gasteiger partial charge in [0.15, 0.2) is 0 Å². The van der Waals surface area contributed by atoms with Gasteiger partial charge in [-0.2, -0.15) is 0 Å². The van der Waals surface area contributed by atoms with Crippen LogP contribution in [-0.4, -0.2) is 49.1 Å². The van der Waals surface area contributed by atoms with Crippen LogP contribution in [0.1, 0.15) is 53.9 Å². The smallest absolute Gasteiger partial charge is 0.0235 e. The summed E-state index contributed by atoms with van der Waals surface area (Å²) in [4.78, 5) is 5.18. The van der Waals surface area contributed by atoms with Crippen molar-refractivity contribution in [1.82, 2.24) is 9.80 Å². The quantitative estimate of drug-likeness (QED) is 0.694. The van der Waals surface area contributed by atoms with E-state index in [1.54, 1.807) is 0 Å². The second-order valence-corrected chi connectivity index (χ2v) is 4.95. The molecule has 0 aromatic rings. The summed E-state index contributed by atoms with van der Waals surface area (Å²) < 4.78 is 0. The van der Waals surface area contributed by atoms with Gasteiger partial charge in [-0.1, -0.05) is 34.6 Å². The first-order valence-electron chi connectivity index (χ1n) is 7.68. The molecule has 2 nitrogen and oxygen atoms in total. The third-order valence-corrected chi connectivity index (χ3v) is 3.57. The average molecular weight is 242 g/mol. The molecular formula is C15H34N2. The van der Waals surface area contributed by atoms with Crippen molar-refractivity contribution in [3.8, 4) is 0 Å². The molecule has 2 rings (SSSR count). The Bertz CT molecular complexity index is 170. The van der Waals surface area contributed by atoms with Crippen molar-refractivity contribution in [2.75, 3.05) is 33.2 Å². The van der Waals surface area contributed by atoms with E-state index in [1.165, 1.54) is 45.4 Å². The highest BCUT2D eigenvalue weighted by Gasteiger charge is 2.28. The Morgan fingerprint density at radius 1 is 0.882 bits per heavy atom. The third-order valence-electron chi connectivity index (χ3n) is 3.57. The Labute approximate surface area is 109 Å². The van der Waals surface area contributed by atoms with Gasteiger partial charge in [0, 0.05) is 19.1 Å². The van der Waals surface area contributed by atoms with E-state index in [0.29, 0.717) is 0 Å². The number of hydrogen-bond donors (Lipinski definition) is 0. The molecule has 0 aliphatic carbocycles. The number of hydrogen-bond acceptors (Lipinski definition) is 2. The first kappa shape index (κ1) is 16.9. The van der Waals surface area contributed by atoms with Crippen molar-refractivity contribution < 1.29 is 0 Å². The second-order valence-electron chi connectivity index (χ2n) is 4.95. The molecule has 2 heterocycles. The van der Waals surface area contributed by atoms with Crippen LogP contribution in [0.3, 0.4) is 0 Å². The molecule has 2 unspecified atom stereocenters. The van der Waals surface area contributed by atoms with Crippen molar-refractivity contribution >= 4 is 0 Å². The van der Waals surface area contributed by atoms with E-state index in [1.807, 2.05) is 27.7 Å². The lowest BCUT2D eigenvalue weighted by Crippen LogP contribution is -2.43.